The van der Waals surface area contributed by atoms with Crippen LogP contribution in [0.1, 0.15) is 19.8 Å². The largest absolute Gasteiger partial charge is 0.480 e. The molecule has 0 spiro atoms. The molecule has 0 amide bonds. The number of carboxylic acid groups (broad SMARTS) is 1. The lowest BCUT2D eigenvalue weighted by molar-refractivity contribution is -0.151. The van der Waals surface area contributed by atoms with Gasteiger partial charge < -0.3 is 16.6 Å². The number of nitrogens with two attached hydrogens (primary N) is 2. The number of carboxylic acids is 1. The van der Waals surface area contributed by atoms with Crippen molar-refractivity contribution in [3.8, 4) is 0 Å². The Hall–Kier alpha value is -0.610. The molecule has 1 saturated carbocycles. The van der Waals surface area contributed by atoms with Gasteiger partial charge in [-0.05, 0) is 19.8 Å². The van der Waals surface area contributed by atoms with Crippen LogP contribution in [0.4, 0.5) is 0 Å². The molecule has 1 rings (SSSR count). The van der Waals surface area contributed by atoms with Gasteiger partial charge in [0.15, 0.2) is 0 Å². The van der Waals surface area contributed by atoms with E-state index in [0.717, 1.165) is 6.42 Å². The summed E-state index contributed by atoms with van der Waals surface area (Å²) in [5.74, 6) is -0.981. The first-order chi connectivity index (χ1) is 4.98. The Morgan fingerprint density at radius 2 is 2.36 bits per heavy atom. The lowest BCUT2D eigenvalue weighted by Gasteiger charge is -2.45. The summed E-state index contributed by atoms with van der Waals surface area (Å²) in [5.41, 5.74) is 10.1. The number of hydrogen-bond donors (Lipinski definition) is 3. The van der Waals surface area contributed by atoms with Crippen molar-refractivity contribution < 1.29 is 9.90 Å². The van der Waals surface area contributed by atoms with Gasteiger partial charge in [-0.1, -0.05) is 0 Å². The predicted octanol–water partition coefficient (Wildman–Crippen LogP) is -0.474. The molecule has 0 aromatic carbocycles. The molecule has 0 heterocycles. The lowest BCUT2D eigenvalue weighted by Crippen LogP contribution is -2.65. The summed E-state index contributed by atoms with van der Waals surface area (Å²) in [4.78, 5) is 10.6. The molecular weight excluding hydrogens is 144 g/mol. The predicted molar refractivity (Wildman–Crippen MR) is 40.9 cm³/mol. The van der Waals surface area contributed by atoms with E-state index in [1.165, 1.54) is 0 Å². The number of rotatable bonds is 2. The highest BCUT2D eigenvalue weighted by Gasteiger charge is 2.51. The van der Waals surface area contributed by atoms with Gasteiger partial charge in [0, 0.05) is 12.0 Å². The SMILES string of the molecule is CC(N)C1CCC1(N)C(=O)O. The van der Waals surface area contributed by atoms with Crippen LogP contribution in [-0.2, 0) is 4.79 Å². The average Bonchev–Trinajstić information content (AvgIpc) is 1.82. The number of carbonyl (C=O) groups is 1. The summed E-state index contributed by atoms with van der Waals surface area (Å²) in [7, 11) is 0. The van der Waals surface area contributed by atoms with E-state index in [0.29, 0.717) is 6.42 Å². The average molecular weight is 158 g/mol. The Labute approximate surface area is 65.6 Å². The van der Waals surface area contributed by atoms with E-state index in [9.17, 15) is 4.79 Å². The van der Waals surface area contributed by atoms with Gasteiger partial charge in [0.2, 0.25) is 0 Å². The van der Waals surface area contributed by atoms with Crippen LogP contribution in [-0.4, -0.2) is 22.7 Å². The van der Waals surface area contributed by atoms with E-state index in [1.807, 2.05) is 0 Å². The van der Waals surface area contributed by atoms with Crippen molar-refractivity contribution in [2.45, 2.75) is 31.3 Å². The standard InChI is InChI=1S/C7H14N2O2/c1-4(8)5-2-3-7(5,9)6(10)11/h4-5H,2-3,8-9H2,1H3,(H,10,11). The third kappa shape index (κ3) is 1.12. The van der Waals surface area contributed by atoms with Gasteiger partial charge in [0.25, 0.3) is 0 Å². The van der Waals surface area contributed by atoms with Crippen LogP contribution in [0.15, 0.2) is 0 Å². The molecule has 0 aliphatic heterocycles. The topological polar surface area (TPSA) is 89.3 Å². The third-order valence-corrected chi connectivity index (χ3v) is 2.56. The molecule has 11 heavy (non-hydrogen) atoms. The van der Waals surface area contributed by atoms with Gasteiger partial charge in [-0.2, -0.15) is 0 Å². The molecule has 0 aromatic heterocycles. The fourth-order valence-electron chi connectivity index (χ4n) is 1.62. The minimum atomic E-state index is -1.05. The molecule has 1 fully saturated rings. The lowest BCUT2D eigenvalue weighted by atomic mass is 9.64. The van der Waals surface area contributed by atoms with E-state index < -0.39 is 11.5 Å². The first kappa shape index (κ1) is 8.49. The Bertz CT molecular complexity index is 181. The Morgan fingerprint density at radius 3 is 2.45 bits per heavy atom. The summed E-state index contributed by atoms with van der Waals surface area (Å²) >= 11 is 0. The Balaban J connectivity index is 2.67. The second kappa shape index (κ2) is 2.46. The van der Waals surface area contributed by atoms with Crippen LogP contribution in [0.25, 0.3) is 0 Å². The molecule has 4 heteroatoms. The molecule has 1 aliphatic carbocycles. The van der Waals surface area contributed by atoms with Crippen molar-refractivity contribution in [3.63, 3.8) is 0 Å². The van der Waals surface area contributed by atoms with E-state index in [1.54, 1.807) is 6.92 Å². The maximum atomic E-state index is 10.6. The van der Waals surface area contributed by atoms with Crippen LogP contribution in [0.5, 0.6) is 0 Å². The zero-order valence-corrected chi connectivity index (χ0v) is 6.58. The molecular formula is C7H14N2O2. The number of aliphatic carboxylic acids is 1. The van der Waals surface area contributed by atoms with Gasteiger partial charge in [-0.15, -0.1) is 0 Å². The van der Waals surface area contributed by atoms with Gasteiger partial charge >= 0.3 is 5.97 Å². The van der Waals surface area contributed by atoms with E-state index in [2.05, 4.69) is 0 Å². The highest BCUT2D eigenvalue weighted by Crippen LogP contribution is 2.38. The van der Waals surface area contributed by atoms with Crippen LogP contribution >= 0.6 is 0 Å². The van der Waals surface area contributed by atoms with Gasteiger partial charge in [-0.25, -0.2) is 0 Å². The van der Waals surface area contributed by atoms with E-state index in [4.69, 9.17) is 16.6 Å². The number of hydrogen-bond acceptors (Lipinski definition) is 3. The third-order valence-electron chi connectivity index (χ3n) is 2.56. The molecule has 4 nitrogen and oxygen atoms in total. The van der Waals surface area contributed by atoms with Gasteiger partial charge in [0.1, 0.15) is 5.54 Å². The molecule has 3 atom stereocenters. The molecule has 0 radical (unpaired) electrons. The zero-order valence-electron chi connectivity index (χ0n) is 6.58. The molecule has 5 N–H and O–H groups in total. The second-order valence-electron chi connectivity index (χ2n) is 3.35. The Kier molecular flexibility index (Phi) is 1.90. The summed E-state index contributed by atoms with van der Waals surface area (Å²) in [6, 6.07) is -0.121. The highest BCUT2D eigenvalue weighted by molar-refractivity contribution is 5.80. The van der Waals surface area contributed by atoms with Crippen LogP contribution < -0.4 is 11.5 Å². The fourth-order valence-corrected chi connectivity index (χ4v) is 1.62. The van der Waals surface area contributed by atoms with Crippen molar-refractivity contribution in [2.24, 2.45) is 17.4 Å². The zero-order chi connectivity index (χ0) is 8.65. The molecule has 64 valence electrons. The second-order valence-corrected chi connectivity index (χ2v) is 3.35. The van der Waals surface area contributed by atoms with Crippen molar-refractivity contribution in [1.82, 2.24) is 0 Å². The maximum Gasteiger partial charge on any atom is 0.324 e. The molecule has 1 aliphatic rings. The van der Waals surface area contributed by atoms with E-state index >= 15 is 0 Å². The monoisotopic (exact) mass is 158 g/mol. The minimum absolute atomic E-state index is 0.0556. The minimum Gasteiger partial charge on any atom is -0.480 e. The first-order valence-electron chi connectivity index (χ1n) is 3.76. The summed E-state index contributed by atoms with van der Waals surface area (Å²) in [6.45, 7) is 1.80. The van der Waals surface area contributed by atoms with Crippen molar-refractivity contribution in [3.05, 3.63) is 0 Å². The normalized spacial score (nSPS) is 39.4. The van der Waals surface area contributed by atoms with Gasteiger partial charge in [-0.3, -0.25) is 4.79 Å². The molecule has 0 aromatic rings. The summed E-state index contributed by atoms with van der Waals surface area (Å²) in [5, 5.41) is 8.73. The summed E-state index contributed by atoms with van der Waals surface area (Å²) in [6.07, 6.45) is 1.38. The van der Waals surface area contributed by atoms with Crippen LogP contribution in [0, 0.1) is 5.92 Å². The first-order valence-corrected chi connectivity index (χ1v) is 3.76. The maximum absolute atomic E-state index is 10.6. The smallest absolute Gasteiger partial charge is 0.324 e. The Morgan fingerprint density at radius 1 is 1.82 bits per heavy atom. The van der Waals surface area contributed by atoms with Crippen molar-refractivity contribution in [2.75, 3.05) is 0 Å². The van der Waals surface area contributed by atoms with Crippen molar-refractivity contribution >= 4 is 5.97 Å². The molecule has 0 bridgehead atoms. The summed E-state index contributed by atoms with van der Waals surface area (Å²) < 4.78 is 0. The fraction of sp³-hybridized carbons (Fsp3) is 0.857. The quantitative estimate of drug-likeness (QED) is 0.506. The molecule has 0 saturated heterocycles. The van der Waals surface area contributed by atoms with Crippen LogP contribution in [0.2, 0.25) is 0 Å². The van der Waals surface area contributed by atoms with Gasteiger partial charge in [0.05, 0.1) is 0 Å². The molecule has 3 unspecified atom stereocenters. The van der Waals surface area contributed by atoms with Crippen molar-refractivity contribution in [1.29, 1.82) is 0 Å². The highest BCUT2D eigenvalue weighted by atomic mass is 16.4. The van der Waals surface area contributed by atoms with E-state index in [-0.39, 0.29) is 12.0 Å². The van der Waals surface area contributed by atoms with Crippen LogP contribution in [0.3, 0.4) is 0 Å².